The van der Waals surface area contributed by atoms with E-state index >= 15 is 0 Å². The van der Waals surface area contributed by atoms with Crippen molar-refractivity contribution in [2.45, 2.75) is 51.6 Å². The van der Waals surface area contributed by atoms with Crippen LogP contribution in [0.1, 0.15) is 45.6 Å². The fraction of sp³-hybridized carbons (Fsp3) is 0.571. The molecule has 1 aromatic rings. The zero-order valence-electron chi connectivity index (χ0n) is 10.2. The number of halogens is 1. The molecule has 2 rings (SSSR count). The van der Waals surface area contributed by atoms with Gasteiger partial charge in [-0.2, -0.15) is 0 Å². The summed E-state index contributed by atoms with van der Waals surface area (Å²) in [5.41, 5.74) is 1.39. The first-order valence-electron chi connectivity index (χ1n) is 5.93. The van der Waals surface area contributed by atoms with Crippen molar-refractivity contribution in [2.24, 2.45) is 0 Å². The van der Waals surface area contributed by atoms with Gasteiger partial charge < -0.3 is 4.74 Å². The normalized spacial score (nSPS) is 17.0. The van der Waals surface area contributed by atoms with Crippen molar-refractivity contribution in [1.29, 1.82) is 0 Å². The zero-order chi connectivity index (χ0) is 11.8. The molecule has 0 bridgehead atoms. The number of hydrogen-bond donors (Lipinski definition) is 0. The maximum absolute atomic E-state index is 6.24. The lowest BCUT2D eigenvalue weighted by atomic mass is 9.87. The summed E-state index contributed by atoms with van der Waals surface area (Å²) >= 11 is 6.24. The molecule has 0 spiro atoms. The Morgan fingerprint density at radius 3 is 2.38 bits per heavy atom. The van der Waals surface area contributed by atoms with Gasteiger partial charge in [0.15, 0.2) is 0 Å². The van der Waals surface area contributed by atoms with Crippen LogP contribution in [-0.4, -0.2) is 6.10 Å². The molecule has 0 atom stereocenters. The third-order valence-electron chi connectivity index (χ3n) is 3.14. The Labute approximate surface area is 103 Å². The lowest BCUT2D eigenvalue weighted by Gasteiger charge is -2.27. The van der Waals surface area contributed by atoms with Gasteiger partial charge in [-0.1, -0.05) is 38.4 Å². The predicted octanol–water partition coefficient (Wildman–Crippen LogP) is 4.57. The Balaban J connectivity index is 2.15. The molecule has 1 fully saturated rings. The molecular weight excluding hydrogens is 220 g/mol. The largest absolute Gasteiger partial charge is 0.489 e. The monoisotopic (exact) mass is 238 g/mol. The van der Waals surface area contributed by atoms with Crippen LogP contribution in [0.2, 0.25) is 5.02 Å². The second-order valence-corrected chi connectivity index (χ2v) is 5.97. The highest BCUT2D eigenvalue weighted by Crippen LogP contribution is 2.34. The molecule has 0 heterocycles. The van der Waals surface area contributed by atoms with Gasteiger partial charge in [0.2, 0.25) is 0 Å². The molecule has 0 radical (unpaired) electrons. The van der Waals surface area contributed by atoms with E-state index in [9.17, 15) is 0 Å². The molecule has 0 N–H and O–H groups in total. The molecule has 1 aliphatic carbocycles. The Morgan fingerprint density at radius 2 is 1.94 bits per heavy atom. The summed E-state index contributed by atoms with van der Waals surface area (Å²) < 4.78 is 5.82. The summed E-state index contributed by atoms with van der Waals surface area (Å²) in [7, 11) is 0. The van der Waals surface area contributed by atoms with E-state index in [1.54, 1.807) is 0 Å². The maximum atomic E-state index is 6.24. The molecule has 0 saturated heterocycles. The smallest absolute Gasteiger partial charge is 0.138 e. The molecule has 0 unspecified atom stereocenters. The minimum absolute atomic E-state index is 0.138. The third kappa shape index (κ3) is 2.52. The molecule has 1 nitrogen and oxygen atoms in total. The van der Waals surface area contributed by atoms with E-state index in [1.165, 1.54) is 12.0 Å². The standard InChI is InChI=1S/C14H19ClO/c1-14(2,3)10-7-8-13(12(15)9-10)16-11-5-4-6-11/h7-9,11H,4-6H2,1-3H3. The molecule has 1 aliphatic rings. The molecule has 1 saturated carbocycles. The van der Waals surface area contributed by atoms with E-state index in [-0.39, 0.29) is 5.41 Å². The van der Waals surface area contributed by atoms with Gasteiger partial charge in [0.1, 0.15) is 5.75 Å². The van der Waals surface area contributed by atoms with E-state index in [0.29, 0.717) is 6.10 Å². The summed E-state index contributed by atoms with van der Waals surface area (Å²) in [5.74, 6) is 0.833. The van der Waals surface area contributed by atoms with Crippen LogP contribution in [0.5, 0.6) is 5.75 Å². The van der Waals surface area contributed by atoms with Gasteiger partial charge in [0.05, 0.1) is 11.1 Å². The SMILES string of the molecule is CC(C)(C)c1ccc(OC2CCC2)c(Cl)c1. The van der Waals surface area contributed by atoms with E-state index in [1.807, 2.05) is 12.1 Å². The summed E-state index contributed by atoms with van der Waals surface area (Å²) in [6.45, 7) is 6.56. The van der Waals surface area contributed by atoms with E-state index in [2.05, 4.69) is 26.8 Å². The van der Waals surface area contributed by atoms with Gasteiger partial charge in [-0.25, -0.2) is 0 Å². The summed E-state index contributed by atoms with van der Waals surface area (Å²) in [4.78, 5) is 0. The van der Waals surface area contributed by atoms with Crippen molar-refractivity contribution in [2.75, 3.05) is 0 Å². The van der Waals surface area contributed by atoms with Crippen molar-refractivity contribution >= 4 is 11.6 Å². The van der Waals surface area contributed by atoms with Gasteiger partial charge in [-0.05, 0) is 42.4 Å². The van der Waals surface area contributed by atoms with Crippen molar-refractivity contribution in [3.63, 3.8) is 0 Å². The van der Waals surface area contributed by atoms with Crippen molar-refractivity contribution < 1.29 is 4.74 Å². The first kappa shape index (κ1) is 11.8. The average Bonchev–Trinajstić information content (AvgIpc) is 2.11. The van der Waals surface area contributed by atoms with Gasteiger partial charge in [-0.3, -0.25) is 0 Å². The summed E-state index contributed by atoms with van der Waals surface area (Å²) in [5, 5.41) is 0.735. The third-order valence-corrected chi connectivity index (χ3v) is 3.44. The van der Waals surface area contributed by atoms with Gasteiger partial charge in [-0.15, -0.1) is 0 Å². The minimum atomic E-state index is 0.138. The molecule has 1 aromatic carbocycles. The maximum Gasteiger partial charge on any atom is 0.138 e. The second kappa shape index (κ2) is 4.29. The van der Waals surface area contributed by atoms with Gasteiger partial charge in [0, 0.05) is 0 Å². The molecule has 0 aromatic heterocycles. The van der Waals surface area contributed by atoms with Crippen LogP contribution in [0.25, 0.3) is 0 Å². The molecule has 0 aliphatic heterocycles. The highest BCUT2D eigenvalue weighted by atomic mass is 35.5. The molecule has 2 heteroatoms. The van der Waals surface area contributed by atoms with Crippen LogP contribution in [0.4, 0.5) is 0 Å². The van der Waals surface area contributed by atoms with Crippen LogP contribution >= 0.6 is 11.6 Å². The lowest BCUT2D eigenvalue weighted by molar-refractivity contribution is 0.120. The molecule has 16 heavy (non-hydrogen) atoms. The van der Waals surface area contributed by atoms with Crippen LogP contribution in [0.3, 0.4) is 0 Å². The molecule has 0 amide bonds. The highest BCUT2D eigenvalue weighted by Gasteiger charge is 2.21. The molecule has 88 valence electrons. The van der Waals surface area contributed by atoms with E-state index < -0.39 is 0 Å². The summed E-state index contributed by atoms with van der Waals surface area (Å²) in [6, 6.07) is 6.14. The van der Waals surface area contributed by atoms with Gasteiger partial charge in [0.25, 0.3) is 0 Å². The average molecular weight is 239 g/mol. The Bertz CT molecular complexity index is 375. The number of ether oxygens (including phenoxy) is 1. The Hall–Kier alpha value is -0.690. The highest BCUT2D eigenvalue weighted by molar-refractivity contribution is 6.32. The topological polar surface area (TPSA) is 9.23 Å². The quantitative estimate of drug-likeness (QED) is 0.734. The fourth-order valence-corrected chi connectivity index (χ4v) is 1.96. The van der Waals surface area contributed by atoms with Gasteiger partial charge >= 0.3 is 0 Å². The number of rotatable bonds is 2. The van der Waals surface area contributed by atoms with Crippen molar-refractivity contribution in [1.82, 2.24) is 0 Å². The zero-order valence-corrected chi connectivity index (χ0v) is 11.0. The number of benzene rings is 1. The second-order valence-electron chi connectivity index (χ2n) is 5.57. The Morgan fingerprint density at radius 1 is 1.25 bits per heavy atom. The summed E-state index contributed by atoms with van der Waals surface area (Å²) in [6.07, 6.45) is 4.00. The van der Waals surface area contributed by atoms with E-state index in [0.717, 1.165) is 23.6 Å². The van der Waals surface area contributed by atoms with Crippen LogP contribution in [-0.2, 0) is 5.41 Å². The first-order chi connectivity index (χ1) is 7.47. The fourth-order valence-electron chi connectivity index (χ4n) is 1.73. The molecular formula is C14H19ClO. The predicted molar refractivity (Wildman–Crippen MR) is 68.4 cm³/mol. The van der Waals surface area contributed by atoms with Crippen molar-refractivity contribution in [3.8, 4) is 5.75 Å². The van der Waals surface area contributed by atoms with Crippen LogP contribution in [0, 0.1) is 0 Å². The van der Waals surface area contributed by atoms with Crippen molar-refractivity contribution in [3.05, 3.63) is 28.8 Å². The van der Waals surface area contributed by atoms with Crippen LogP contribution < -0.4 is 4.74 Å². The lowest BCUT2D eigenvalue weighted by Crippen LogP contribution is -2.24. The first-order valence-corrected chi connectivity index (χ1v) is 6.31. The van der Waals surface area contributed by atoms with E-state index in [4.69, 9.17) is 16.3 Å². The minimum Gasteiger partial charge on any atom is -0.489 e. The van der Waals surface area contributed by atoms with Crippen LogP contribution in [0.15, 0.2) is 18.2 Å². The Kier molecular flexibility index (Phi) is 3.16. The number of hydrogen-bond acceptors (Lipinski definition) is 1.